The largest absolute Gasteiger partial charge is 0.398 e. The van der Waals surface area contributed by atoms with Gasteiger partial charge in [0.2, 0.25) is 5.91 Å². The van der Waals surface area contributed by atoms with Crippen LogP contribution in [-0.2, 0) is 4.79 Å². The van der Waals surface area contributed by atoms with E-state index in [1.54, 1.807) is 18.2 Å². The molecule has 0 bridgehead atoms. The molecule has 5 nitrogen and oxygen atoms in total. The van der Waals surface area contributed by atoms with E-state index in [1.165, 1.54) is 0 Å². The maximum atomic E-state index is 10.9. The number of hydrogen-bond donors (Lipinski definition) is 2. The molecular formula is C11H10N4O. The molecule has 0 fully saturated rings. The van der Waals surface area contributed by atoms with E-state index < -0.39 is 0 Å². The second-order valence-corrected chi connectivity index (χ2v) is 3.51. The van der Waals surface area contributed by atoms with Crippen LogP contribution in [0, 0.1) is 11.3 Å². The molecule has 80 valence electrons. The number of nitrogen functional groups attached to an aromatic ring is 1. The maximum absolute atomic E-state index is 10.9. The lowest BCUT2D eigenvalue weighted by atomic mass is 10.0. The Bertz CT molecular complexity index is 513. The van der Waals surface area contributed by atoms with Gasteiger partial charge in [0.25, 0.3) is 0 Å². The molecule has 5 heteroatoms. The second kappa shape index (κ2) is 4.03. The fourth-order valence-electron chi connectivity index (χ4n) is 1.53. The number of rotatable bonds is 1. The number of benzene rings is 1. The average Bonchev–Trinajstić information content (AvgIpc) is 2.30. The van der Waals surface area contributed by atoms with Gasteiger partial charge < -0.3 is 5.73 Å². The molecule has 0 unspecified atom stereocenters. The Morgan fingerprint density at radius 1 is 1.44 bits per heavy atom. The number of hydrazone groups is 1. The summed E-state index contributed by atoms with van der Waals surface area (Å²) in [5, 5.41) is 12.7. The van der Waals surface area contributed by atoms with Crippen molar-refractivity contribution in [3.05, 3.63) is 29.3 Å². The molecule has 3 N–H and O–H groups in total. The zero-order valence-corrected chi connectivity index (χ0v) is 8.53. The van der Waals surface area contributed by atoms with Crippen LogP contribution in [0.15, 0.2) is 23.3 Å². The molecule has 1 aromatic rings. The number of anilines is 1. The standard InChI is InChI=1S/C11H10N4O/c12-6-8-2-1-7(5-9(8)13)10-3-4-11(16)15-14-10/h1-2,5H,3-4,13H2,(H,15,16). The van der Waals surface area contributed by atoms with E-state index in [9.17, 15) is 4.79 Å². The van der Waals surface area contributed by atoms with Crippen molar-refractivity contribution in [2.24, 2.45) is 5.10 Å². The van der Waals surface area contributed by atoms with Crippen LogP contribution in [-0.4, -0.2) is 11.6 Å². The molecule has 1 aromatic carbocycles. The zero-order valence-electron chi connectivity index (χ0n) is 8.53. The fraction of sp³-hybridized carbons (Fsp3) is 0.182. The van der Waals surface area contributed by atoms with Crippen LogP contribution in [0.2, 0.25) is 0 Å². The predicted molar refractivity (Wildman–Crippen MR) is 59.5 cm³/mol. The molecular weight excluding hydrogens is 204 g/mol. The van der Waals surface area contributed by atoms with Gasteiger partial charge >= 0.3 is 0 Å². The highest BCUT2D eigenvalue weighted by atomic mass is 16.2. The van der Waals surface area contributed by atoms with Crippen molar-refractivity contribution >= 4 is 17.3 Å². The Morgan fingerprint density at radius 2 is 2.25 bits per heavy atom. The predicted octanol–water partition coefficient (Wildman–Crippen LogP) is 0.755. The first-order valence-electron chi connectivity index (χ1n) is 4.86. The molecule has 1 aliphatic rings. The third-order valence-corrected chi connectivity index (χ3v) is 2.41. The molecule has 2 rings (SSSR count). The summed E-state index contributed by atoms with van der Waals surface area (Å²) < 4.78 is 0. The Hall–Kier alpha value is -2.35. The van der Waals surface area contributed by atoms with Crippen LogP contribution >= 0.6 is 0 Å². The first kappa shape index (κ1) is 10.2. The monoisotopic (exact) mass is 214 g/mol. The number of carbonyl (C=O) groups excluding carboxylic acids is 1. The zero-order chi connectivity index (χ0) is 11.5. The van der Waals surface area contributed by atoms with Crippen LogP contribution in [0.4, 0.5) is 5.69 Å². The molecule has 0 radical (unpaired) electrons. The molecule has 0 aromatic heterocycles. The number of amides is 1. The van der Waals surface area contributed by atoms with Crippen molar-refractivity contribution in [3.8, 4) is 6.07 Å². The maximum Gasteiger partial charge on any atom is 0.240 e. The van der Waals surface area contributed by atoms with E-state index in [2.05, 4.69) is 10.5 Å². The Balaban J connectivity index is 2.32. The third-order valence-electron chi connectivity index (χ3n) is 2.41. The van der Waals surface area contributed by atoms with Gasteiger partial charge in [0, 0.05) is 12.8 Å². The van der Waals surface area contributed by atoms with Gasteiger partial charge in [-0.15, -0.1) is 0 Å². The van der Waals surface area contributed by atoms with Gasteiger partial charge in [-0.25, -0.2) is 5.43 Å². The number of nitrogens with one attached hydrogen (secondary N) is 1. The smallest absolute Gasteiger partial charge is 0.240 e. The summed E-state index contributed by atoms with van der Waals surface area (Å²) in [5.41, 5.74) is 10.6. The summed E-state index contributed by atoms with van der Waals surface area (Å²) in [6.07, 6.45) is 1.02. The first-order valence-corrected chi connectivity index (χ1v) is 4.86. The SMILES string of the molecule is N#Cc1ccc(C2=NNC(=O)CC2)cc1N. The van der Waals surface area contributed by atoms with Crippen molar-refractivity contribution in [2.45, 2.75) is 12.8 Å². The van der Waals surface area contributed by atoms with E-state index in [1.807, 2.05) is 6.07 Å². The second-order valence-electron chi connectivity index (χ2n) is 3.51. The average molecular weight is 214 g/mol. The van der Waals surface area contributed by atoms with E-state index >= 15 is 0 Å². The molecule has 0 aliphatic carbocycles. The van der Waals surface area contributed by atoms with Crippen molar-refractivity contribution in [3.63, 3.8) is 0 Å². The summed E-state index contributed by atoms with van der Waals surface area (Å²) in [5.74, 6) is -0.0784. The van der Waals surface area contributed by atoms with Gasteiger partial charge in [-0.1, -0.05) is 6.07 Å². The van der Waals surface area contributed by atoms with Gasteiger partial charge in [-0.2, -0.15) is 10.4 Å². The van der Waals surface area contributed by atoms with Crippen LogP contribution in [0.25, 0.3) is 0 Å². The van der Waals surface area contributed by atoms with Gasteiger partial charge in [-0.3, -0.25) is 4.79 Å². The van der Waals surface area contributed by atoms with Crippen molar-refractivity contribution in [1.82, 2.24) is 5.43 Å². The van der Waals surface area contributed by atoms with Crippen LogP contribution in [0.5, 0.6) is 0 Å². The van der Waals surface area contributed by atoms with E-state index in [4.69, 9.17) is 11.0 Å². The van der Waals surface area contributed by atoms with E-state index in [0.717, 1.165) is 11.3 Å². The van der Waals surface area contributed by atoms with Gasteiger partial charge in [0.05, 0.1) is 17.0 Å². The fourth-order valence-corrected chi connectivity index (χ4v) is 1.53. The number of carbonyl (C=O) groups is 1. The van der Waals surface area contributed by atoms with Crippen LogP contribution in [0.3, 0.4) is 0 Å². The van der Waals surface area contributed by atoms with Crippen molar-refractivity contribution in [1.29, 1.82) is 5.26 Å². The molecule has 1 amide bonds. The third kappa shape index (κ3) is 1.86. The number of nitrogens with two attached hydrogens (primary N) is 1. The quantitative estimate of drug-likeness (QED) is 0.676. The Kier molecular flexibility index (Phi) is 2.56. The lowest BCUT2D eigenvalue weighted by Crippen LogP contribution is -2.25. The van der Waals surface area contributed by atoms with Crippen molar-refractivity contribution in [2.75, 3.05) is 5.73 Å². The lowest BCUT2D eigenvalue weighted by Gasteiger charge is -2.12. The summed E-state index contributed by atoms with van der Waals surface area (Å²) in [7, 11) is 0. The van der Waals surface area contributed by atoms with E-state index in [-0.39, 0.29) is 5.91 Å². The van der Waals surface area contributed by atoms with Gasteiger partial charge in [-0.05, 0) is 17.7 Å². The minimum Gasteiger partial charge on any atom is -0.398 e. The lowest BCUT2D eigenvalue weighted by molar-refractivity contribution is -0.121. The normalized spacial score (nSPS) is 14.9. The van der Waals surface area contributed by atoms with Gasteiger partial charge in [0.15, 0.2) is 0 Å². The summed E-state index contributed by atoms with van der Waals surface area (Å²) >= 11 is 0. The summed E-state index contributed by atoms with van der Waals surface area (Å²) in [6, 6.07) is 7.14. The topological polar surface area (TPSA) is 91.3 Å². The van der Waals surface area contributed by atoms with Crippen LogP contribution < -0.4 is 11.2 Å². The molecule has 16 heavy (non-hydrogen) atoms. The summed E-state index contributed by atoms with van der Waals surface area (Å²) in [4.78, 5) is 10.9. The molecule has 0 spiro atoms. The molecule has 0 saturated heterocycles. The first-order chi connectivity index (χ1) is 7.70. The highest BCUT2D eigenvalue weighted by Crippen LogP contribution is 2.16. The minimum absolute atomic E-state index is 0.0784. The molecule has 1 heterocycles. The number of hydrogen-bond acceptors (Lipinski definition) is 4. The summed E-state index contributed by atoms with van der Waals surface area (Å²) in [6.45, 7) is 0. The number of nitrogens with zero attached hydrogens (tertiary/aromatic N) is 2. The highest BCUT2D eigenvalue weighted by molar-refractivity contribution is 6.04. The molecule has 1 aliphatic heterocycles. The van der Waals surface area contributed by atoms with Gasteiger partial charge in [0.1, 0.15) is 6.07 Å². The van der Waals surface area contributed by atoms with Crippen molar-refractivity contribution < 1.29 is 4.79 Å². The number of nitriles is 1. The Labute approximate surface area is 92.6 Å². The van der Waals surface area contributed by atoms with E-state index in [0.29, 0.717) is 24.1 Å². The minimum atomic E-state index is -0.0784. The molecule has 0 atom stereocenters. The van der Waals surface area contributed by atoms with Crippen LogP contribution in [0.1, 0.15) is 24.0 Å². The molecule has 0 saturated carbocycles. The Morgan fingerprint density at radius 3 is 2.81 bits per heavy atom. The highest BCUT2D eigenvalue weighted by Gasteiger charge is 2.13.